The summed E-state index contributed by atoms with van der Waals surface area (Å²) in [6.07, 6.45) is 4.49. The van der Waals surface area contributed by atoms with Gasteiger partial charge in [-0.2, -0.15) is 4.98 Å². The van der Waals surface area contributed by atoms with Gasteiger partial charge in [-0.1, -0.05) is 0 Å². The van der Waals surface area contributed by atoms with Crippen LogP contribution in [0.1, 0.15) is 26.7 Å². The van der Waals surface area contributed by atoms with E-state index in [0.29, 0.717) is 12.0 Å². The zero-order valence-corrected chi connectivity index (χ0v) is 14.2. The van der Waals surface area contributed by atoms with Gasteiger partial charge in [0, 0.05) is 18.8 Å². The molecule has 0 radical (unpaired) electrons. The molecule has 0 spiro atoms. The Bertz CT molecular complexity index is 603. The number of piperidine rings is 1. The maximum Gasteiger partial charge on any atom is 0.245 e. The molecule has 1 atom stereocenters. The van der Waals surface area contributed by atoms with Gasteiger partial charge in [0.2, 0.25) is 5.95 Å². The number of nitrogens with one attached hydrogen (secondary N) is 1. The summed E-state index contributed by atoms with van der Waals surface area (Å²) in [5.74, 6) is 1.50. The maximum absolute atomic E-state index is 4.71. The third kappa shape index (κ3) is 3.21. The van der Waals surface area contributed by atoms with Crippen LogP contribution in [0, 0.1) is 5.92 Å². The monoisotopic (exact) mass is 351 g/mol. The van der Waals surface area contributed by atoms with Crippen LogP contribution in [0.25, 0.3) is 5.65 Å². The second-order valence-corrected chi connectivity index (χ2v) is 6.85. The Balaban J connectivity index is 1.86. The minimum Gasteiger partial charge on any atom is -0.337 e. The van der Waals surface area contributed by atoms with Gasteiger partial charge in [-0.15, -0.1) is 5.10 Å². The number of halogens is 1. The minimum absolute atomic E-state index is 0.392. The molecule has 1 N–H and O–H groups in total. The number of hydrogen-bond acceptors (Lipinski definition) is 4. The Labute approximate surface area is 133 Å². The number of anilines is 1. The van der Waals surface area contributed by atoms with Crippen LogP contribution in [-0.2, 0) is 0 Å². The predicted molar refractivity (Wildman–Crippen MR) is 88.8 cm³/mol. The standard InChI is InChI=1S/C15H22BrN5/c1-11(2)20(10-12-5-3-7-17-9-12)15-18-14-13(16)6-4-8-21(14)19-15/h4,6,8,11-12,17H,3,5,7,9-10H2,1-2H3. The van der Waals surface area contributed by atoms with Gasteiger partial charge < -0.3 is 10.2 Å². The van der Waals surface area contributed by atoms with Gasteiger partial charge in [0.05, 0.1) is 4.47 Å². The summed E-state index contributed by atoms with van der Waals surface area (Å²) in [7, 11) is 0. The van der Waals surface area contributed by atoms with Crippen molar-refractivity contribution in [3.63, 3.8) is 0 Å². The molecule has 1 aliphatic rings. The van der Waals surface area contributed by atoms with Crippen molar-refractivity contribution in [2.45, 2.75) is 32.7 Å². The molecule has 21 heavy (non-hydrogen) atoms. The minimum atomic E-state index is 0.392. The lowest BCUT2D eigenvalue weighted by atomic mass is 9.99. The molecule has 0 saturated carbocycles. The average molecular weight is 352 g/mol. The fraction of sp³-hybridized carbons (Fsp3) is 0.600. The largest absolute Gasteiger partial charge is 0.337 e. The number of pyridine rings is 1. The van der Waals surface area contributed by atoms with Crippen molar-refractivity contribution in [2.24, 2.45) is 5.92 Å². The van der Waals surface area contributed by atoms with Gasteiger partial charge in [-0.05, 0) is 73.8 Å². The zero-order chi connectivity index (χ0) is 14.8. The number of aromatic nitrogens is 3. The molecule has 1 unspecified atom stereocenters. The van der Waals surface area contributed by atoms with E-state index >= 15 is 0 Å². The lowest BCUT2D eigenvalue weighted by Gasteiger charge is -2.32. The summed E-state index contributed by atoms with van der Waals surface area (Å²) in [5, 5.41) is 8.13. The van der Waals surface area contributed by atoms with E-state index in [-0.39, 0.29) is 0 Å². The van der Waals surface area contributed by atoms with Crippen molar-refractivity contribution in [2.75, 3.05) is 24.5 Å². The molecular weight excluding hydrogens is 330 g/mol. The summed E-state index contributed by atoms with van der Waals surface area (Å²) >= 11 is 3.54. The van der Waals surface area contributed by atoms with Crippen molar-refractivity contribution >= 4 is 27.5 Å². The molecule has 2 aromatic heterocycles. The first-order valence-corrected chi connectivity index (χ1v) is 8.42. The molecule has 3 heterocycles. The van der Waals surface area contributed by atoms with Crippen molar-refractivity contribution in [1.29, 1.82) is 0 Å². The van der Waals surface area contributed by atoms with Gasteiger partial charge in [0.25, 0.3) is 0 Å². The Hall–Kier alpha value is -1.14. The molecular formula is C15H22BrN5. The molecule has 0 aromatic carbocycles. The van der Waals surface area contributed by atoms with E-state index in [1.807, 2.05) is 22.8 Å². The highest BCUT2D eigenvalue weighted by atomic mass is 79.9. The van der Waals surface area contributed by atoms with Crippen LogP contribution in [0.3, 0.4) is 0 Å². The van der Waals surface area contributed by atoms with Gasteiger partial charge in [-0.3, -0.25) is 0 Å². The normalized spacial score (nSPS) is 19.3. The van der Waals surface area contributed by atoms with E-state index in [9.17, 15) is 0 Å². The molecule has 0 bridgehead atoms. The number of hydrogen-bond donors (Lipinski definition) is 1. The third-order valence-corrected chi connectivity index (χ3v) is 4.66. The Kier molecular flexibility index (Phi) is 4.45. The van der Waals surface area contributed by atoms with E-state index in [2.05, 4.69) is 45.1 Å². The number of fused-ring (bicyclic) bond motifs is 1. The highest BCUT2D eigenvalue weighted by molar-refractivity contribution is 9.10. The average Bonchev–Trinajstić information content (AvgIpc) is 2.91. The van der Waals surface area contributed by atoms with Gasteiger partial charge >= 0.3 is 0 Å². The lowest BCUT2D eigenvalue weighted by molar-refractivity contribution is 0.369. The second-order valence-electron chi connectivity index (χ2n) is 5.99. The van der Waals surface area contributed by atoms with Crippen LogP contribution in [0.15, 0.2) is 22.8 Å². The first-order valence-electron chi connectivity index (χ1n) is 7.63. The Morgan fingerprint density at radius 2 is 2.38 bits per heavy atom. The summed E-state index contributed by atoms with van der Waals surface area (Å²) in [5.41, 5.74) is 0.875. The van der Waals surface area contributed by atoms with Crippen molar-refractivity contribution in [1.82, 2.24) is 19.9 Å². The molecule has 6 heteroatoms. The smallest absolute Gasteiger partial charge is 0.245 e. The van der Waals surface area contributed by atoms with E-state index in [1.54, 1.807) is 0 Å². The third-order valence-electron chi connectivity index (χ3n) is 4.04. The molecule has 1 aliphatic heterocycles. The van der Waals surface area contributed by atoms with Crippen LogP contribution in [0.5, 0.6) is 0 Å². The van der Waals surface area contributed by atoms with E-state index < -0.39 is 0 Å². The first kappa shape index (κ1) is 14.8. The number of nitrogens with zero attached hydrogens (tertiary/aromatic N) is 4. The van der Waals surface area contributed by atoms with Crippen molar-refractivity contribution in [3.8, 4) is 0 Å². The molecule has 5 nitrogen and oxygen atoms in total. The Morgan fingerprint density at radius 1 is 1.52 bits per heavy atom. The van der Waals surface area contributed by atoms with Gasteiger partial charge in [0.15, 0.2) is 5.65 Å². The van der Waals surface area contributed by atoms with Crippen LogP contribution >= 0.6 is 15.9 Å². The van der Waals surface area contributed by atoms with E-state index in [0.717, 1.165) is 35.7 Å². The van der Waals surface area contributed by atoms with Crippen LogP contribution in [-0.4, -0.2) is 40.3 Å². The molecule has 114 valence electrons. The van der Waals surface area contributed by atoms with Crippen molar-refractivity contribution < 1.29 is 0 Å². The zero-order valence-electron chi connectivity index (χ0n) is 12.6. The van der Waals surface area contributed by atoms with Crippen LogP contribution in [0.4, 0.5) is 5.95 Å². The van der Waals surface area contributed by atoms with Gasteiger partial charge in [0.1, 0.15) is 0 Å². The van der Waals surface area contributed by atoms with Crippen molar-refractivity contribution in [3.05, 3.63) is 22.8 Å². The topological polar surface area (TPSA) is 45.5 Å². The maximum atomic E-state index is 4.71. The fourth-order valence-electron chi connectivity index (χ4n) is 2.87. The van der Waals surface area contributed by atoms with Crippen LogP contribution < -0.4 is 10.2 Å². The summed E-state index contributed by atoms with van der Waals surface area (Å²) in [6, 6.07) is 4.36. The van der Waals surface area contributed by atoms with E-state index in [1.165, 1.54) is 12.8 Å². The highest BCUT2D eigenvalue weighted by Gasteiger charge is 2.22. The summed E-state index contributed by atoms with van der Waals surface area (Å²) in [6.45, 7) is 7.67. The summed E-state index contributed by atoms with van der Waals surface area (Å²) < 4.78 is 2.82. The quantitative estimate of drug-likeness (QED) is 0.919. The fourth-order valence-corrected chi connectivity index (χ4v) is 3.29. The lowest BCUT2D eigenvalue weighted by Crippen LogP contribution is -2.41. The molecule has 3 rings (SSSR count). The SMILES string of the molecule is CC(C)N(CC1CCCNC1)c1nc2c(Br)cccn2n1. The number of rotatable bonds is 4. The highest BCUT2D eigenvalue weighted by Crippen LogP contribution is 2.22. The molecule has 2 aromatic rings. The molecule has 1 saturated heterocycles. The van der Waals surface area contributed by atoms with Crippen LogP contribution in [0.2, 0.25) is 0 Å². The molecule has 1 fully saturated rings. The molecule has 0 amide bonds. The first-order chi connectivity index (χ1) is 10.1. The second kappa shape index (κ2) is 6.32. The summed E-state index contributed by atoms with van der Waals surface area (Å²) in [4.78, 5) is 7.03. The Morgan fingerprint density at radius 3 is 3.05 bits per heavy atom. The predicted octanol–water partition coefficient (Wildman–Crippen LogP) is 2.71. The van der Waals surface area contributed by atoms with Gasteiger partial charge in [-0.25, -0.2) is 4.52 Å². The molecule has 0 aliphatic carbocycles. The van der Waals surface area contributed by atoms with E-state index in [4.69, 9.17) is 4.98 Å².